The molecule has 0 aromatic carbocycles. The Labute approximate surface area is 95.3 Å². The molecule has 8 heteroatoms. The van der Waals surface area contributed by atoms with Crippen LogP contribution in [-0.4, -0.2) is 47.5 Å². The number of nitrogens with two attached hydrogens (primary N) is 1. The van der Waals surface area contributed by atoms with Gasteiger partial charge in [0.15, 0.2) is 6.10 Å². The number of aliphatic hydroxyl groups is 1. The van der Waals surface area contributed by atoms with Crippen molar-refractivity contribution < 1.29 is 27.8 Å². The molecule has 0 saturated carbocycles. The van der Waals surface area contributed by atoms with Crippen molar-refractivity contribution in [3.05, 3.63) is 0 Å². The van der Waals surface area contributed by atoms with Gasteiger partial charge in [-0.1, -0.05) is 0 Å². The molecule has 2 unspecified atom stereocenters. The number of aliphatic hydroxyl groups excluding tert-OH is 1. The summed E-state index contributed by atoms with van der Waals surface area (Å²) in [6, 6.07) is -0.967. The number of esters is 1. The third kappa shape index (κ3) is 6.19. The van der Waals surface area contributed by atoms with E-state index in [0.29, 0.717) is 0 Å². The second-order valence-electron chi connectivity index (χ2n) is 2.95. The fourth-order valence-corrected chi connectivity index (χ4v) is 1.66. The smallest absolute Gasteiger partial charge is 0.415 e. The molecule has 16 heavy (non-hydrogen) atoms. The van der Waals surface area contributed by atoms with Crippen LogP contribution >= 0.6 is 11.8 Å². The van der Waals surface area contributed by atoms with Crippen LogP contribution in [0.15, 0.2) is 0 Å². The number of hydrogen-bond donors (Lipinski definition) is 2. The Morgan fingerprint density at radius 3 is 2.50 bits per heavy atom. The van der Waals surface area contributed by atoms with E-state index in [0.717, 1.165) is 11.8 Å². The maximum absolute atomic E-state index is 11.9. The summed E-state index contributed by atoms with van der Waals surface area (Å²) in [6.07, 6.45) is -7.03. The van der Waals surface area contributed by atoms with Gasteiger partial charge in [-0.2, -0.15) is 24.9 Å². The Bertz CT molecular complexity index is 225. The molecule has 0 aliphatic rings. The molecule has 2 atom stereocenters. The zero-order valence-corrected chi connectivity index (χ0v) is 9.48. The number of alkyl halides is 3. The van der Waals surface area contributed by atoms with Gasteiger partial charge in [0.25, 0.3) is 0 Å². The highest BCUT2D eigenvalue weighted by Crippen LogP contribution is 2.22. The summed E-state index contributed by atoms with van der Waals surface area (Å²) in [6.45, 7) is 1.77. The molecule has 0 aromatic heterocycles. The first-order chi connectivity index (χ1) is 7.29. The highest BCUT2D eigenvalue weighted by atomic mass is 32.2. The first kappa shape index (κ1) is 15.5. The number of rotatable bonds is 6. The van der Waals surface area contributed by atoms with Crippen molar-refractivity contribution >= 4 is 17.7 Å². The first-order valence-electron chi connectivity index (χ1n) is 4.53. The van der Waals surface area contributed by atoms with Crippen molar-refractivity contribution in [2.45, 2.75) is 25.2 Å². The maximum Gasteiger partial charge on any atom is 0.415 e. The maximum atomic E-state index is 11.9. The van der Waals surface area contributed by atoms with Crippen molar-refractivity contribution in [3.63, 3.8) is 0 Å². The Morgan fingerprint density at radius 1 is 1.50 bits per heavy atom. The summed E-state index contributed by atoms with van der Waals surface area (Å²) in [4.78, 5) is 11.0. The SMILES string of the molecule is CCOC(=O)C(N)CSCC(O)C(F)(F)F. The average Bonchev–Trinajstić information content (AvgIpc) is 2.16. The van der Waals surface area contributed by atoms with E-state index < -0.39 is 30.0 Å². The topological polar surface area (TPSA) is 72.5 Å². The van der Waals surface area contributed by atoms with Crippen molar-refractivity contribution in [1.82, 2.24) is 0 Å². The number of thioether (sulfide) groups is 1. The van der Waals surface area contributed by atoms with Gasteiger partial charge in [0.05, 0.1) is 6.61 Å². The van der Waals surface area contributed by atoms with Crippen molar-refractivity contribution in [3.8, 4) is 0 Å². The number of carbonyl (C=O) groups excluding carboxylic acids is 1. The molecule has 0 heterocycles. The molecule has 0 amide bonds. The fraction of sp³-hybridized carbons (Fsp3) is 0.875. The fourth-order valence-electron chi connectivity index (χ4n) is 0.718. The number of carbonyl (C=O) groups is 1. The van der Waals surface area contributed by atoms with Gasteiger partial charge in [0, 0.05) is 11.5 Å². The highest BCUT2D eigenvalue weighted by Gasteiger charge is 2.37. The lowest BCUT2D eigenvalue weighted by atomic mass is 10.4. The molecule has 0 spiro atoms. The zero-order valence-electron chi connectivity index (χ0n) is 8.66. The lowest BCUT2D eigenvalue weighted by Gasteiger charge is -2.15. The van der Waals surface area contributed by atoms with E-state index in [1.807, 2.05) is 0 Å². The second-order valence-corrected chi connectivity index (χ2v) is 4.03. The molecule has 96 valence electrons. The molecule has 3 N–H and O–H groups in total. The minimum atomic E-state index is -4.64. The number of hydrogen-bond acceptors (Lipinski definition) is 5. The Balaban J connectivity index is 3.78. The summed E-state index contributed by atoms with van der Waals surface area (Å²) in [5, 5.41) is 8.64. The molecule has 4 nitrogen and oxygen atoms in total. The lowest BCUT2D eigenvalue weighted by molar-refractivity contribution is -0.195. The largest absolute Gasteiger partial charge is 0.465 e. The van der Waals surface area contributed by atoms with Crippen LogP contribution in [0.25, 0.3) is 0 Å². The van der Waals surface area contributed by atoms with Crippen molar-refractivity contribution in [2.24, 2.45) is 5.73 Å². The Morgan fingerprint density at radius 2 is 2.06 bits per heavy atom. The summed E-state index contributed by atoms with van der Waals surface area (Å²) >= 11 is 0.755. The summed E-state index contributed by atoms with van der Waals surface area (Å²) in [7, 11) is 0. The molecule has 0 bridgehead atoms. The minimum Gasteiger partial charge on any atom is -0.465 e. The van der Waals surface area contributed by atoms with E-state index in [9.17, 15) is 18.0 Å². The van der Waals surface area contributed by atoms with Crippen molar-refractivity contribution in [2.75, 3.05) is 18.1 Å². The van der Waals surface area contributed by atoms with Gasteiger partial charge in [-0.15, -0.1) is 0 Å². The molecular weight excluding hydrogens is 247 g/mol. The molecule has 0 aliphatic carbocycles. The van der Waals surface area contributed by atoms with E-state index in [1.54, 1.807) is 6.92 Å². The van der Waals surface area contributed by atoms with E-state index >= 15 is 0 Å². The van der Waals surface area contributed by atoms with Crippen LogP contribution in [0.3, 0.4) is 0 Å². The molecular formula is C8H14F3NO3S. The van der Waals surface area contributed by atoms with Crippen LogP contribution in [0.2, 0.25) is 0 Å². The molecule has 0 fully saturated rings. The predicted molar refractivity (Wildman–Crippen MR) is 54.0 cm³/mol. The van der Waals surface area contributed by atoms with E-state index in [2.05, 4.69) is 4.74 Å². The third-order valence-corrected chi connectivity index (χ3v) is 2.69. The molecule has 0 radical (unpaired) electrons. The Hall–Kier alpha value is -0.470. The molecule has 0 saturated heterocycles. The summed E-state index contributed by atoms with van der Waals surface area (Å²) in [5.74, 6) is -1.22. The normalized spacial score (nSPS) is 15.6. The standard InChI is InChI=1S/C8H14F3NO3S/c1-2-15-7(14)5(12)3-16-4-6(13)8(9,10)11/h5-6,13H,2-4,12H2,1H3. The van der Waals surface area contributed by atoms with Gasteiger partial charge in [0.1, 0.15) is 6.04 Å². The van der Waals surface area contributed by atoms with Gasteiger partial charge < -0.3 is 15.6 Å². The van der Waals surface area contributed by atoms with Crippen LogP contribution in [0.4, 0.5) is 13.2 Å². The molecule has 0 aromatic rings. The van der Waals surface area contributed by atoms with Crippen LogP contribution in [-0.2, 0) is 9.53 Å². The number of halogens is 3. The Kier molecular flexibility index (Phi) is 6.77. The van der Waals surface area contributed by atoms with Crippen LogP contribution < -0.4 is 5.73 Å². The first-order valence-corrected chi connectivity index (χ1v) is 5.69. The van der Waals surface area contributed by atoms with E-state index in [1.165, 1.54) is 0 Å². The van der Waals surface area contributed by atoms with Crippen LogP contribution in [0, 0.1) is 0 Å². The third-order valence-electron chi connectivity index (χ3n) is 1.54. The van der Waals surface area contributed by atoms with Gasteiger partial charge >= 0.3 is 12.1 Å². The average molecular weight is 261 g/mol. The van der Waals surface area contributed by atoms with E-state index in [4.69, 9.17) is 10.8 Å². The van der Waals surface area contributed by atoms with Crippen molar-refractivity contribution in [1.29, 1.82) is 0 Å². The molecule has 0 aliphatic heterocycles. The van der Waals surface area contributed by atoms with Crippen LogP contribution in [0.5, 0.6) is 0 Å². The highest BCUT2D eigenvalue weighted by molar-refractivity contribution is 7.99. The number of ether oxygens (including phenoxy) is 1. The predicted octanol–water partition coefficient (Wildman–Crippen LogP) is 0.533. The quantitative estimate of drug-likeness (QED) is 0.682. The lowest BCUT2D eigenvalue weighted by Crippen LogP contribution is -2.36. The zero-order chi connectivity index (χ0) is 12.8. The van der Waals surface area contributed by atoms with Crippen LogP contribution in [0.1, 0.15) is 6.92 Å². The van der Waals surface area contributed by atoms with Gasteiger partial charge in [-0.3, -0.25) is 4.79 Å². The monoisotopic (exact) mass is 261 g/mol. The molecule has 0 rings (SSSR count). The van der Waals surface area contributed by atoms with Gasteiger partial charge in [-0.05, 0) is 6.92 Å². The second kappa shape index (κ2) is 6.97. The summed E-state index contributed by atoms with van der Waals surface area (Å²) in [5.41, 5.74) is 5.34. The van der Waals surface area contributed by atoms with Gasteiger partial charge in [0.2, 0.25) is 0 Å². The van der Waals surface area contributed by atoms with E-state index in [-0.39, 0.29) is 12.4 Å². The van der Waals surface area contributed by atoms with Gasteiger partial charge in [-0.25, -0.2) is 0 Å². The minimum absolute atomic E-state index is 0.0219. The summed E-state index contributed by atoms with van der Waals surface area (Å²) < 4.78 is 40.2.